The van der Waals surface area contributed by atoms with Crippen LogP contribution in [0.25, 0.3) is 11.1 Å². The van der Waals surface area contributed by atoms with Gasteiger partial charge in [0.15, 0.2) is 0 Å². The Morgan fingerprint density at radius 1 is 1.14 bits per heavy atom. The second-order valence-corrected chi connectivity index (χ2v) is 7.69. The average molecular weight is 377 g/mol. The number of carbonyl (C=O) groups excluding carboxylic acids is 1. The zero-order valence-corrected chi connectivity index (χ0v) is 15.6. The molecule has 0 radical (unpaired) electrons. The largest absolute Gasteiger partial charge is 0.480 e. The van der Waals surface area contributed by atoms with Crippen LogP contribution in [0.4, 0.5) is 0 Å². The van der Waals surface area contributed by atoms with Gasteiger partial charge in [0, 0.05) is 5.92 Å². The fourth-order valence-electron chi connectivity index (χ4n) is 4.46. The maximum Gasteiger partial charge on any atom is 0.324 e. The maximum absolute atomic E-state index is 12.9. The molecule has 1 saturated carbocycles. The monoisotopic (exact) mass is 377 g/mol. The summed E-state index contributed by atoms with van der Waals surface area (Å²) in [5, 5.41) is 9.48. The molecule has 0 aromatic heterocycles. The number of fused-ring (bicyclic) bond motifs is 3. The van der Waals surface area contributed by atoms with Gasteiger partial charge in [-0.25, -0.2) is 0 Å². The van der Waals surface area contributed by atoms with E-state index in [4.69, 9.17) is 10.5 Å². The van der Waals surface area contributed by atoms with Gasteiger partial charge < -0.3 is 15.6 Å². The molecule has 3 N–H and O–H groups in total. The maximum atomic E-state index is 12.9. The molecule has 2 atom stereocenters. The van der Waals surface area contributed by atoms with Crippen LogP contribution in [-0.4, -0.2) is 29.2 Å². The van der Waals surface area contributed by atoms with Gasteiger partial charge in [-0.1, -0.05) is 54.6 Å². The van der Waals surface area contributed by atoms with Crippen LogP contribution in [0, 0.1) is 5.41 Å². The van der Waals surface area contributed by atoms with E-state index in [1.807, 2.05) is 36.4 Å². The van der Waals surface area contributed by atoms with Gasteiger partial charge in [0.05, 0.1) is 5.41 Å². The van der Waals surface area contributed by atoms with Gasteiger partial charge in [0.25, 0.3) is 0 Å². The highest BCUT2D eigenvalue weighted by atomic mass is 16.5. The first-order valence-electron chi connectivity index (χ1n) is 9.43. The lowest BCUT2D eigenvalue weighted by molar-refractivity contribution is -0.155. The summed E-state index contributed by atoms with van der Waals surface area (Å²) < 4.78 is 5.69. The van der Waals surface area contributed by atoms with E-state index in [1.165, 1.54) is 0 Å². The number of benzene rings is 2. The molecule has 5 heteroatoms. The minimum atomic E-state index is -1.56. The molecule has 0 saturated heterocycles. The van der Waals surface area contributed by atoms with E-state index in [9.17, 15) is 14.7 Å². The van der Waals surface area contributed by atoms with Crippen LogP contribution < -0.4 is 5.73 Å². The number of hydrogen-bond acceptors (Lipinski definition) is 4. The summed E-state index contributed by atoms with van der Waals surface area (Å²) in [6.07, 6.45) is 2.60. The van der Waals surface area contributed by atoms with Crippen LogP contribution in [0.15, 0.2) is 61.2 Å². The smallest absolute Gasteiger partial charge is 0.324 e. The zero-order valence-electron chi connectivity index (χ0n) is 15.6. The molecule has 2 aliphatic carbocycles. The Labute approximate surface area is 163 Å². The average Bonchev–Trinajstić information content (AvgIpc) is 3.22. The van der Waals surface area contributed by atoms with Crippen LogP contribution >= 0.6 is 0 Å². The zero-order chi connectivity index (χ0) is 19.9. The molecule has 5 nitrogen and oxygen atoms in total. The number of esters is 1. The predicted molar refractivity (Wildman–Crippen MR) is 106 cm³/mol. The highest BCUT2D eigenvalue weighted by Crippen LogP contribution is 2.59. The number of aliphatic carboxylic acids is 1. The first kappa shape index (κ1) is 18.4. The number of carboxylic acids is 1. The predicted octanol–water partition coefficient (Wildman–Crippen LogP) is 3.48. The molecular formula is C23H23NO4. The summed E-state index contributed by atoms with van der Waals surface area (Å²) in [7, 11) is 0. The fraction of sp³-hybridized carbons (Fsp3) is 0.304. The Balaban J connectivity index is 1.57. The number of carbonyl (C=O) groups is 2. The summed E-state index contributed by atoms with van der Waals surface area (Å²) in [4.78, 5) is 24.5. The Morgan fingerprint density at radius 3 is 2.21 bits per heavy atom. The summed E-state index contributed by atoms with van der Waals surface area (Å²) in [5.41, 5.74) is 7.80. The van der Waals surface area contributed by atoms with Crippen LogP contribution in [0.2, 0.25) is 0 Å². The van der Waals surface area contributed by atoms with E-state index in [2.05, 4.69) is 18.7 Å². The van der Waals surface area contributed by atoms with E-state index in [1.54, 1.807) is 6.08 Å². The highest BCUT2D eigenvalue weighted by molar-refractivity contribution is 5.97. The first-order valence-corrected chi connectivity index (χ1v) is 9.43. The lowest BCUT2D eigenvalue weighted by Gasteiger charge is -2.21. The van der Waals surface area contributed by atoms with Gasteiger partial charge >= 0.3 is 11.9 Å². The molecule has 1 fully saturated rings. The normalized spacial score (nSPS) is 24.9. The Morgan fingerprint density at radius 2 is 1.71 bits per heavy atom. The highest BCUT2D eigenvalue weighted by Gasteiger charge is 2.75. The van der Waals surface area contributed by atoms with Crippen molar-refractivity contribution in [3.05, 3.63) is 72.3 Å². The number of nitrogens with two attached hydrogens (primary N) is 1. The van der Waals surface area contributed by atoms with Gasteiger partial charge in [-0.2, -0.15) is 0 Å². The molecule has 2 aromatic rings. The molecule has 0 bridgehead atoms. The third kappa shape index (κ3) is 2.58. The van der Waals surface area contributed by atoms with Crippen molar-refractivity contribution in [2.45, 2.75) is 30.7 Å². The van der Waals surface area contributed by atoms with E-state index >= 15 is 0 Å². The lowest BCUT2D eigenvalue weighted by Crippen LogP contribution is -2.43. The van der Waals surface area contributed by atoms with E-state index in [0.29, 0.717) is 12.8 Å². The van der Waals surface area contributed by atoms with Crippen molar-refractivity contribution in [3.63, 3.8) is 0 Å². The molecule has 2 aliphatic rings. The number of rotatable bonds is 7. The quantitative estimate of drug-likeness (QED) is 0.570. The summed E-state index contributed by atoms with van der Waals surface area (Å²) in [6, 6.07) is 16.2. The van der Waals surface area contributed by atoms with Crippen molar-refractivity contribution in [2.75, 3.05) is 6.61 Å². The molecule has 28 heavy (non-hydrogen) atoms. The molecule has 0 unspecified atom stereocenters. The van der Waals surface area contributed by atoms with Crippen molar-refractivity contribution in [1.29, 1.82) is 0 Å². The van der Waals surface area contributed by atoms with E-state index in [-0.39, 0.29) is 18.9 Å². The van der Waals surface area contributed by atoms with Crippen molar-refractivity contribution in [1.82, 2.24) is 0 Å². The Hall–Kier alpha value is -2.92. The van der Waals surface area contributed by atoms with Crippen LogP contribution in [0.3, 0.4) is 0 Å². The third-order valence-corrected chi connectivity index (χ3v) is 6.20. The third-order valence-electron chi connectivity index (χ3n) is 6.20. The molecule has 0 amide bonds. The number of hydrogen-bond donors (Lipinski definition) is 2. The summed E-state index contributed by atoms with van der Waals surface area (Å²) in [5.74, 6) is -1.75. The number of ether oxygens (including phenoxy) is 1. The first-order chi connectivity index (χ1) is 13.4. The molecule has 0 aliphatic heterocycles. The van der Waals surface area contributed by atoms with Gasteiger partial charge in [-0.3, -0.25) is 9.59 Å². The van der Waals surface area contributed by atoms with Gasteiger partial charge in [-0.15, -0.1) is 6.58 Å². The van der Waals surface area contributed by atoms with Gasteiger partial charge in [0.1, 0.15) is 12.1 Å². The van der Waals surface area contributed by atoms with Gasteiger partial charge in [-0.05, 0) is 41.5 Å². The molecule has 144 valence electrons. The number of carboxylic acid groups (broad SMARTS) is 1. The Bertz CT molecular complexity index is 923. The van der Waals surface area contributed by atoms with Crippen LogP contribution in [-0.2, 0) is 14.3 Å². The van der Waals surface area contributed by atoms with Crippen molar-refractivity contribution in [2.24, 2.45) is 11.1 Å². The lowest BCUT2D eigenvalue weighted by atomic mass is 9.93. The standard InChI is InChI=1S/C23H23NO4/c1-2-3-12-22(14-23(22,24)20(25)26)21(27)28-13-19-17-10-6-4-8-15(17)16-9-5-7-11-18(16)19/h2,4-11,19H,1,3,12-14,24H2,(H,25,26)/t22-,23+/m1/s1. The molecule has 2 aromatic carbocycles. The van der Waals surface area contributed by atoms with E-state index < -0.39 is 22.9 Å². The van der Waals surface area contributed by atoms with Gasteiger partial charge in [0.2, 0.25) is 0 Å². The summed E-state index contributed by atoms with van der Waals surface area (Å²) >= 11 is 0. The van der Waals surface area contributed by atoms with E-state index in [0.717, 1.165) is 22.3 Å². The number of allylic oxidation sites excluding steroid dienone is 1. The SMILES string of the molecule is C=CCC[C@]1(C(=O)OCC2c3ccccc3-c3ccccc32)C[C@]1(N)C(=O)O. The fourth-order valence-corrected chi connectivity index (χ4v) is 4.46. The molecular weight excluding hydrogens is 354 g/mol. The molecule has 0 heterocycles. The van der Waals surface area contributed by atoms with Crippen molar-refractivity contribution in [3.8, 4) is 11.1 Å². The molecule has 0 spiro atoms. The van der Waals surface area contributed by atoms with Crippen LogP contribution in [0.5, 0.6) is 0 Å². The molecule has 4 rings (SSSR count). The van der Waals surface area contributed by atoms with Crippen molar-refractivity contribution >= 4 is 11.9 Å². The minimum absolute atomic E-state index is 0.0662. The minimum Gasteiger partial charge on any atom is -0.480 e. The topological polar surface area (TPSA) is 89.6 Å². The second-order valence-electron chi connectivity index (χ2n) is 7.69. The second kappa shape index (κ2) is 6.60. The van der Waals surface area contributed by atoms with Crippen molar-refractivity contribution < 1.29 is 19.4 Å². The van der Waals surface area contributed by atoms with Crippen LogP contribution in [0.1, 0.15) is 36.3 Å². The Kier molecular flexibility index (Phi) is 4.35. The summed E-state index contributed by atoms with van der Waals surface area (Å²) in [6.45, 7) is 3.83.